The number of hydrogen-bond donors (Lipinski definition) is 1. The van der Waals surface area contributed by atoms with Gasteiger partial charge in [0.25, 0.3) is 0 Å². The summed E-state index contributed by atoms with van der Waals surface area (Å²) in [6.07, 6.45) is 6.69. The van der Waals surface area contributed by atoms with E-state index in [4.69, 9.17) is 5.73 Å². The van der Waals surface area contributed by atoms with E-state index in [0.29, 0.717) is 6.42 Å². The van der Waals surface area contributed by atoms with E-state index in [-0.39, 0.29) is 11.8 Å². The van der Waals surface area contributed by atoms with Crippen molar-refractivity contribution in [3.05, 3.63) is 30.1 Å². The summed E-state index contributed by atoms with van der Waals surface area (Å²) >= 11 is 0. The van der Waals surface area contributed by atoms with Crippen LogP contribution in [0.4, 0.5) is 0 Å². The highest BCUT2D eigenvalue weighted by Crippen LogP contribution is 2.04. The van der Waals surface area contributed by atoms with Gasteiger partial charge in [-0.3, -0.25) is 9.78 Å². The molecule has 0 aromatic carbocycles. The molecule has 0 radical (unpaired) electrons. The summed E-state index contributed by atoms with van der Waals surface area (Å²) in [7, 11) is 0. The molecule has 3 heteroatoms. The molecule has 15 heavy (non-hydrogen) atoms. The molecule has 82 valence electrons. The van der Waals surface area contributed by atoms with Gasteiger partial charge in [-0.05, 0) is 18.1 Å². The van der Waals surface area contributed by atoms with Crippen molar-refractivity contribution < 1.29 is 4.79 Å². The van der Waals surface area contributed by atoms with Gasteiger partial charge >= 0.3 is 0 Å². The summed E-state index contributed by atoms with van der Waals surface area (Å²) < 4.78 is 0. The van der Waals surface area contributed by atoms with Gasteiger partial charge in [0.15, 0.2) is 5.78 Å². The molecule has 3 nitrogen and oxygen atoms in total. The highest BCUT2D eigenvalue weighted by atomic mass is 16.1. The fourth-order valence-electron chi connectivity index (χ4n) is 1.42. The molecule has 0 saturated carbocycles. The lowest BCUT2D eigenvalue weighted by atomic mass is 10.0. The first-order valence-corrected chi connectivity index (χ1v) is 5.41. The number of nitrogens with zero attached hydrogens (tertiary/aromatic N) is 1. The molecular formula is C12H18N2O. The molecule has 0 amide bonds. The molecule has 0 aliphatic heterocycles. The average Bonchev–Trinajstić information content (AvgIpc) is 2.27. The molecule has 2 N–H and O–H groups in total. The smallest absolute Gasteiger partial charge is 0.153 e. The highest BCUT2D eigenvalue weighted by Gasteiger charge is 2.12. The van der Waals surface area contributed by atoms with Crippen molar-refractivity contribution in [1.82, 2.24) is 4.98 Å². The Labute approximate surface area is 90.7 Å². The van der Waals surface area contributed by atoms with Crippen molar-refractivity contribution in [1.29, 1.82) is 0 Å². The third-order valence-electron chi connectivity index (χ3n) is 2.38. The zero-order chi connectivity index (χ0) is 11.1. The van der Waals surface area contributed by atoms with Crippen molar-refractivity contribution in [2.24, 2.45) is 5.73 Å². The van der Waals surface area contributed by atoms with Gasteiger partial charge in [0.1, 0.15) is 0 Å². The Balaban J connectivity index is 2.42. The van der Waals surface area contributed by atoms with Crippen LogP contribution in [0.25, 0.3) is 0 Å². The first-order valence-electron chi connectivity index (χ1n) is 5.41. The normalized spacial score (nSPS) is 12.4. The summed E-state index contributed by atoms with van der Waals surface area (Å²) in [6.45, 7) is 2.10. The SMILES string of the molecule is CCCCC(N)C(=O)Cc1cccnc1. The van der Waals surface area contributed by atoms with Crippen LogP contribution in [0.5, 0.6) is 0 Å². The minimum atomic E-state index is -0.315. The lowest BCUT2D eigenvalue weighted by Gasteiger charge is -2.09. The summed E-state index contributed by atoms with van der Waals surface area (Å²) in [6, 6.07) is 3.42. The van der Waals surface area contributed by atoms with E-state index >= 15 is 0 Å². The van der Waals surface area contributed by atoms with Gasteiger partial charge in [0.2, 0.25) is 0 Å². The number of ketones is 1. The first-order chi connectivity index (χ1) is 7.24. The molecule has 0 aliphatic carbocycles. The molecule has 1 heterocycles. The molecule has 1 aromatic heterocycles. The van der Waals surface area contributed by atoms with Gasteiger partial charge in [-0.1, -0.05) is 25.8 Å². The maximum atomic E-state index is 11.7. The number of unbranched alkanes of at least 4 members (excludes halogenated alkanes) is 1. The Hall–Kier alpha value is -1.22. The molecule has 0 spiro atoms. The van der Waals surface area contributed by atoms with E-state index in [1.807, 2.05) is 12.1 Å². The van der Waals surface area contributed by atoms with Crippen LogP contribution in [-0.4, -0.2) is 16.8 Å². The molecule has 1 aromatic rings. The molecule has 0 saturated heterocycles. The Bertz CT molecular complexity index is 298. The topological polar surface area (TPSA) is 56.0 Å². The number of rotatable bonds is 6. The first kappa shape index (κ1) is 11.9. The summed E-state index contributed by atoms with van der Waals surface area (Å²) in [5, 5.41) is 0. The van der Waals surface area contributed by atoms with Gasteiger partial charge in [-0.2, -0.15) is 0 Å². The van der Waals surface area contributed by atoms with Crippen LogP contribution in [-0.2, 0) is 11.2 Å². The predicted octanol–water partition coefficient (Wildman–Crippen LogP) is 1.71. The lowest BCUT2D eigenvalue weighted by molar-refractivity contribution is -0.119. The molecule has 1 atom stereocenters. The van der Waals surface area contributed by atoms with E-state index in [9.17, 15) is 4.79 Å². The second-order valence-electron chi connectivity index (χ2n) is 3.75. The number of aromatic nitrogens is 1. The lowest BCUT2D eigenvalue weighted by Crippen LogP contribution is -2.31. The molecular weight excluding hydrogens is 188 g/mol. The van der Waals surface area contributed by atoms with Gasteiger partial charge in [-0.15, -0.1) is 0 Å². The summed E-state index contributed by atoms with van der Waals surface area (Å²) in [5.74, 6) is 0.108. The van der Waals surface area contributed by atoms with E-state index in [1.54, 1.807) is 12.4 Å². The molecule has 1 rings (SSSR count). The van der Waals surface area contributed by atoms with E-state index in [0.717, 1.165) is 24.8 Å². The second-order valence-corrected chi connectivity index (χ2v) is 3.75. The Morgan fingerprint density at radius 1 is 1.60 bits per heavy atom. The monoisotopic (exact) mass is 206 g/mol. The number of hydrogen-bond acceptors (Lipinski definition) is 3. The fourth-order valence-corrected chi connectivity index (χ4v) is 1.42. The molecule has 1 unspecified atom stereocenters. The van der Waals surface area contributed by atoms with Gasteiger partial charge in [-0.25, -0.2) is 0 Å². The van der Waals surface area contributed by atoms with E-state index in [1.165, 1.54) is 0 Å². The number of carbonyl (C=O) groups excluding carboxylic acids is 1. The van der Waals surface area contributed by atoms with Crippen LogP contribution in [0.3, 0.4) is 0 Å². The van der Waals surface area contributed by atoms with Crippen LogP contribution in [0.1, 0.15) is 31.7 Å². The number of carbonyl (C=O) groups is 1. The van der Waals surface area contributed by atoms with Crippen LogP contribution < -0.4 is 5.73 Å². The van der Waals surface area contributed by atoms with Crippen molar-refractivity contribution in [3.63, 3.8) is 0 Å². The van der Waals surface area contributed by atoms with Crippen LogP contribution >= 0.6 is 0 Å². The van der Waals surface area contributed by atoms with E-state index < -0.39 is 0 Å². The third-order valence-corrected chi connectivity index (χ3v) is 2.38. The van der Waals surface area contributed by atoms with Crippen LogP contribution in [0.2, 0.25) is 0 Å². The largest absolute Gasteiger partial charge is 0.321 e. The fraction of sp³-hybridized carbons (Fsp3) is 0.500. The molecule has 0 bridgehead atoms. The number of nitrogens with two attached hydrogens (primary N) is 1. The molecule has 0 aliphatic rings. The standard InChI is InChI=1S/C12H18N2O/c1-2-3-6-11(13)12(15)8-10-5-4-7-14-9-10/h4-5,7,9,11H,2-3,6,8,13H2,1H3. The Kier molecular flexibility index (Phi) is 4.98. The third kappa shape index (κ3) is 4.21. The van der Waals surface area contributed by atoms with Gasteiger partial charge in [0, 0.05) is 18.8 Å². The molecule has 0 fully saturated rings. The summed E-state index contributed by atoms with van der Waals surface area (Å²) in [5.41, 5.74) is 6.72. The Morgan fingerprint density at radius 2 is 2.40 bits per heavy atom. The van der Waals surface area contributed by atoms with Crippen molar-refractivity contribution in [2.75, 3.05) is 0 Å². The van der Waals surface area contributed by atoms with Crippen molar-refractivity contribution in [2.45, 2.75) is 38.6 Å². The Morgan fingerprint density at radius 3 is 3.00 bits per heavy atom. The quantitative estimate of drug-likeness (QED) is 0.771. The second kappa shape index (κ2) is 6.30. The van der Waals surface area contributed by atoms with Crippen LogP contribution in [0.15, 0.2) is 24.5 Å². The van der Waals surface area contributed by atoms with E-state index in [2.05, 4.69) is 11.9 Å². The highest BCUT2D eigenvalue weighted by molar-refractivity contribution is 5.85. The minimum absolute atomic E-state index is 0.108. The van der Waals surface area contributed by atoms with Crippen molar-refractivity contribution in [3.8, 4) is 0 Å². The maximum absolute atomic E-state index is 11.7. The maximum Gasteiger partial charge on any atom is 0.153 e. The van der Waals surface area contributed by atoms with Crippen LogP contribution in [0, 0.1) is 0 Å². The predicted molar refractivity (Wildman–Crippen MR) is 60.4 cm³/mol. The zero-order valence-electron chi connectivity index (χ0n) is 9.15. The zero-order valence-corrected chi connectivity index (χ0v) is 9.15. The summed E-state index contributed by atoms with van der Waals surface area (Å²) in [4.78, 5) is 15.6. The van der Waals surface area contributed by atoms with Crippen molar-refractivity contribution >= 4 is 5.78 Å². The number of Topliss-reactive ketones (excluding diaryl/α,β-unsaturated/α-hetero) is 1. The van der Waals surface area contributed by atoms with Gasteiger partial charge < -0.3 is 5.73 Å². The van der Waals surface area contributed by atoms with Gasteiger partial charge in [0.05, 0.1) is 6.04 Å². The number of pyridine rings is 1. The minimum Gasteiger partial charge on any atom is -0.321 e. The average molecular weight is 206 g/mol.